The quantitative estimate of drug-likeness (QED) is 0.370. The number of anilines is 2. The number of benzene rings is 2. The number of nitrogens with zero attached hydrogens (tertiary/aromatic N) is 3. The topological polar surface area (TPSA) is 82.5 Å². The summed E-state index contributed by atoms with van der Waals surface area (Å²) in [5.41, 5.74) is 2.62. The highest BCUT2D eigenvalue weighted by Crippen LogP contribution is 2.33. The van der Waals surface area contributed by atoms with Crippen molar-refractivity contribution in [3.8, 4) is 5.75 Å². The maximum atomic E-state index is 12.3. The maximum Gasteiger partial charge on any atom is 0.507 e. The number of unbranched alkanes of at least 4 members (excludes halogenated alkanes) is 1. The van der Waals surface area contributed by atoms with E-state index < -0.39 is 6.16 Å². The smallest absolute Gasteiger partial charge is 0.494 e. The molecule has 8 nitrogen and oxygen atoms in total. The molecule has 2 heterocycles. The number of carbonyl (C=O) groups excluding carboxylic acids is 1. The predicted octanol–water partition coefficient (Wildman–Crippen LogP) is 4.91. The fourth-order valence-corrected chi connectivity index (χ4v) is 4.86. The van der Waals surface area contributed by atoms with E-state index in [0.29, 0.717) is 40.9 Å². The van der Waals surface area contributed by atoms with Gasteiger partial charge >= 0.3 is 6.16 Å². The monoisotopic (exact) mass is 521 g/mol. The van der Waals surface area contributed by atoms with Crippen LogP contribution in [0.3, 0.4) is 0 Å². The number of rotatable bonds is 9. The van der Waals surface area contributed by atoms with Gasteiger partial charge in [-0.1, -0.05) is 35.3 Å². The van der Waals surface area contributed by atoms with E-state index in [1.165, 1.54) is 4.90 Å². The molecule has 0 aromatic heterocycles. The minimum atomic E-state index is -1.41. The summed E-state index contributed by atoms with van der Waals surface area (Å²) >= 11 is 12.5. The SMILES string of the molecule is O=C(O)OCN1C(=O)CCc2ccc(OCCCCN3CCN(c4cccc(Cl)c4Cl)CC3)cc21. The summed E-state index contributed by atoms with van der Waals surface area (Å²) in [5.74, 6) is 0.499. The second kappa shape index (κ2) is 11.8. The fraction of sp³-hybridized carbons (Fsp3) is 0.440. The Labute approximate surface area is 214 Å². The van der Waals surface area contributed by atoms with Crippen LogP contribution in [0.25, 0.3) is 0 Å². The van der Waals surface area contributed by atoms with E-state index in [0.717, 1.165) is 56.8 Å². The van der Waals surface area contributed by atoms with Gasteiger partial charge in [0.25, 0.3) is 0 Å². The standard InChI is InChI=1S/C25H29Cl2N3O5/c26-20-4-3-5-21(24(20)27)29-13-11-28(12-14-29)10-1-2-15-34-19-8-6-18-7-9-23(31)30(22(18)16-19)17-35-25(32)33/h3-6,8,16H,1-2,7,9-15,17H2,(H,32,33). The molecule has 1 amide bonds. The molecule has 35 heavy (non-hydrogen) atoms. The maximum absolute atomic E-state index is 12.3. The molecule has 2 aliphatic heterocycles. The Morgan fingerprint density at radius 2 is 1.80 bits per heavy atom. The summed E-state index contributed by atoms with van der Waals surface area (Å²) < 4.78 is 10.5. The van der Waals surface area contributed by atoms with Gasteiger partial charge < -0.3 is 19.5 Å². The number of aryl methyl sites for hydroxylation is 1. The molecule has 0 atom stereocenters. The van der Waals surface area contributed by atoms with Crippen LogP contribution in [0.1, 0.15) is 24.8 Å². The summed E-state index contributed by atoms with van der Waals surface area (Å²) in [4.78, 5) is 29.1. The van der Waals surface area contributed by atoms with Crippen molar-refractivity contribution in [1.82, 2.24) is 4.90 Å². The first-order valence-electron chi connectivity index (χ1n) is 11.8. The van der Waals surface area contributed by atoms with E-state index in [1.54, 1.807) is 12.1 Å². The molecule has 10 heteroatoms. The van der Waals surface area contributed by atoms with E-state index in [4.69, 9.17) is 33.0 Å². The number of hydrogen-bond acceptors (Lipinski definition) is 6. The highest BCUT2D eigenvalue weighted by Gasteiger charge is 2.26. The van der Waals surface area contributed by atoms with Gasteiger partial charge in [0.15, 0.2) is 6.73 Å². The Balaban J connectivity index is 1.20. The third-order valence-electron chi connectivity index (χ3n) is 6.36. The molecule has 0 radical (unpaired) electrons. The number of fused-ring (bicyclic) bond motifs is 1. The highest BCUT2D eigenvalue weighted by molar-refractivity contribution is 6.43. The summed E-state index contributed by atoms with van der Waals surface area (Å²) in [6, 6.07) is 11.4. The van der Waals surface area contributed by atoms with Gasteiger partial charge in [0.1, 0.15) is 5.75 Å². The Morgan fingerprint density at radius 3 is 2.57 bits per heavy atom. The van der Waals surface area contributed by atoms with Crippen LogP contribution < -0.4 is 14.5 Å². The Bertz CT molecular complexity index is 1060. The van der Waals surface area contributed by atoms with Crippen molar-refractivity contribution in [1.29, 1.82) is 0 Å². The largest absolute Gasteiger partial charge is 0.507 e. The van der Waals surface area contributed by atoms with Gasteiger partial charge in [-0.05, 0) is 49.6 Å². The van der Waals surface area contributed by atoms with Crippen molar-refractivity contribution in [2.24, 2.45) is 0 Å². The van der Waals surface area contributed by atoms with Crippen LogP contribution in [0.15, 0.2) is 36.4 Å². The lowest BCUT2D eigenvalue weighted by Gasteiger charge is -2.36. The van der Waals surface area contributed by atoms with Gasteiger partial charge in [0, 0.05) is 38.7 Å². The zero-order chi connectivity index (χ0) is 24.8. The molecule has 4 rings (SSSR count). The third-order valence-corrected chi connectivity index (χ3v) is 7.16. The molecular formula is C25H29Cl2N3O5. The molecule has 1 N–H and O–H groups in total. The van der Waals surface area contributed by atoms with E-state index >= 15 is 0 Å². The van der Waals surface area contributed by atoms with Gasteiger partial charge in [0.2, 0.25) is 5.91 Å². The highest BCUT2D eigenvalue weighted by atomic mass is 35.5. The van der Waals surface area contributed by atoms with E-state index in [-0.39, 0.29) is 12.6 Å². The number of amides is 1. The normalized spacial score (nSPS) is 16.2. The van der Waals surface area contributed by atoms with E-state index in [2.05, 4.69) is 14.5 Å². The van der Waals surface area contributed by atoms with Crippen molar-refractivity contribution in [2.75, 3.05) is 55.9 Å². The number of carboxylic acid groups (broad SMARTS) is 1. The third kappa shape index (κ3) is 6.51. The summed E-state index contributed by atoms with van der Waals surface area (Å²) in [6.07, 6.45) is 1.46. The van der Waals surface area contributed by atoms with Crippen molar-refractivity contribution < 1.29 is 24.2 Å². The van der Waals surface area contributed by atoms with Gasteiger partial charge in [0.05, 0.1) is 28.0 Å². The average molecular weight is 522 g/mol. The van der Waals surface area contributed by atoms with Crippen LogP contribution in [0.5, 0.6) is 5.75 Å². The Hall–Kier alpha value is -2.68. The fourth-order valence-electron chi connectivity index (χ4n) is 4.44. The second-order valence-corrected chi connectivity index (χ2v) is 9.39. The lowest BCUT2D eigenvalue weighted by atomic mass is 10.0. The first kappa shape index (κ1) is 25.4. The van der Waals surface area contributed by atoms with E-state index in [1.807, 2.05) is 24.3 Å². The molecule has 0 bridgehead atoms. The van der Waals surface area contributed by atoms with Crippen LogP contribution >= 0.6 is 23.2 Å². The molecule has 2 aromatic rings. The number of hydrogen-bond donors (Lipinski definition) is 1. The summed E-state index contributed by atoms with van der Waals surface area (Å²) in [6.45, 7) is 5.00. The lowest BCUT2D eigenvalue weighted by molar-refractivity contribution is -0.119. The first-order chi connectivity index (χ1) is 16.9. The summed E-state index contributed by atoms with van der Waals surface area (Å²) in [7, 11) is 0. The molecular weight excluding hydrogens is 493 g/mol. The van der Waals surface area contributed by atoms with Crippen molar-refractivity contribution in [2.45, 2.75) is 25.7 Å². The van der Waals surface area contributed by atoms with Gasteiger partial charge in [-0.25, -0.2) is 4.79 Å². The second-order valence-electron chi connectivity index (χ2n) is 8.61. The number of ether oxygens (including phenoxy) is 2. The van der Waals surface area contributed by atoms with Crippen molar-refractivity contribution in [3.63, 3.8) is 0 Å². The molecule has 2 aromatic carbocycles. The number of halogens is 2. The number of piperazine rings is 1. The summed E-state index contributed by atoms with van der Waals surface area (Å²) in [5, 5.41) is 9.98. The van der Waals surface area contributed by atoms with Crippen LogP contribution in [-0.2, 0) is 16.0 Å². The number of carbonyl (C=O) groups is 2. The molecule has 0 saturated carbocycles. The minimum Gasteiger partial charge on any atom is -0.494 e. The molecule has 2 aliphatic rings. The molecule has 1 saturated heterocycles. The zero-order valence-electron chi connectivity index (χ0n) is 19.4. The molecule has 1 fully saturated rings. The van der Waals surface area contributed by atoms with Crippen LogP contribution in [0.2, 0.25) is 10.0 Å². The van der Waals surface area contributed by atoms with E-state index in [9.17, 15) is 9.59 Å². The predicted molar refractivity (Wildman–Crippen MR) is 136 cm³/mol. The average Bonchev–Trinajstić information content (AvgIpc) is 2.85. The van der Waals surface area contributed by atoms with Crippen LogP contribution in [0, 0.1) is 0 Å². The van der Waals surface area contributed by atoms with Gasteiger partial charge in [-0.3, -0.25) is 14.6 Å². The van der Waals surface area contributed by atoms with Crippen LogP contribution in [-0.4, -0.2) is 68.1 Å². The van der Waals surface area contributed by atoms with Gasteiger partial charge in [-0.2, -0.15) is 0 Å². The molecule has 0 unspecified atom stereocenters. The van der Waals surface area contributed by atoms with Crippen LogP contribution in [0.4, 0.5) is 16.2 Å². The molecule has 0 spiro atoms. The molecule has 188 valence electrons. The van der Waals surface area contributed by atoms with Crippen molar-refractivity contribution >= 4 is 46.6 Å². The Kier molecular flexibility index (Phi) is 8.59. The zero-order valence-corrected chi connectivity index (χ0v) is 20.9. The molecule has 0 aliphatic carbocycles. The first-order valence-corrected chi connectivity index (χ1v) is 12.5. The Morgan fingerprint density at radius 1 is 1.00 bits per heavy atom. The minimum absolute atomic E-state index is 0.159. The van der Waals surface area contributed by atoms with Gasteiger partial charge in [-0.15, -0.1) is 0 Å². The van der Waals surface area contributed by atoms with Crippen molar-refractivity contribution in [3.05, 3.63) is 52.0 Å². The lowest BCUT2D eigenvalue weighted by Crippen LogP contribution is -2.46.